The van der Waals surface area contributed by atoms with Gasteiger partial charge in [0.05, 0.1) is 21.1 Å². The van der Waals surface area contributed by atoms with Crippen LogP contribution >= 0.6 is 23.2 Å². The number of H-pyrrole nitrogens is 1. The number of hydrogen-bond donors (Lipinski definition) is 3. The Balaban J connectivity index is 1.61. The molecule has 0 saturated carbocycles. The Morgan fingerprint density at radius 3 is 2.56 bits per heavy atom. The van der Waals surface area contributed by atoms with E-state index in [4.69, 9.17) is 23.2 Å². The molecule has 1 amide bonds. The summed E-state index contributed by atoms with van der Waals surface area (Å²) in [5.74, 6) is -1.07. The molecule has 4 rings (SSSR count). The van der Waals surface area contributed by atoms with Crippen LogP contribution in [0.4, 0.5) is 11.4 Å². The second kappa shape index (κ2) is 8.62. The van der Waals surface area contributed by atoms with E-state index in [9.17, 15) is 18.3 Å². The van der Waals surface area contributed by atoms with Crippen LogP contribution < -0.4 is 4.72 Å². The summed E-state index contributed by atoms with van der Waals surface area (Å²) in [7, 11) is -4.01. The molecule has 1 aromatic heterocycles. The van der Waals surface area contributed by atoms with E-state index in [1.165, 1.54) is 30.3 Å². The van der Waals surface area contributed by atoms with E-state index >= 15 is 0 Å². The van der Waals surface area contributed by atoms with Crippen LogP contribution in [-0.2, 0) is 10.0 Å². The Bertz CT molecular complexity index is 1480. The minimum atomic E-state index is -4.01. The number of carbonyl (C=O) groups is 1. The van der Waals surface area contributed by atoms with E-state index in [2.05, 4.69) is 19.9 Å². The van der Waals surface area contributed by atoms with Gasteiger partial charge in [-0.2, -0.15) is 0 Å². The topological polar surface area (TPSA) is 124 Å². The minimum absolute atomic E-state index is 0.00635. The van der Waals surface area contributed by atoms with Crippen molar-refractivity contribution in [3.05, 3.63) is 82.3 Å². The zero-order chi connectivity index (χ0) is 22.9. The normalized spacial score (nSPS) is 11.8. The molecule has 0 aliphatic carbocycles. The summed E-state index contributed by atoms with van der Waals surface area (Å²) in [6.45, 7) is 0. The molecule has 0 fully saturated rings. The highest BCUT2D eigenvalue weighted by molar-refractivity contribution is 7.92. The molecular weight excluding hydrogens is 475 g/mol. The average molecular weight is 489 g/mol. The zero-order valence-electron chi connectivity index (χ0n) is 16.1. The van der Waals surface area contributed by atoms with Crippen molar-refractivity contribution >= 4 is 61.4 Å². The molecule has 3 N–H and O–H groups in total. The number of para-hydroxylation sites is 1. The number of carbonyl (C=O) groups excluding carboxylic acids is 1. The van der Waals surface area contributed by atoms with Gasteiger partial charge in [0.1, 0.15) is 0 Å². The number of azo groups is 1. The van der Waals surface area contributed by atoms with E-state index in [-0.39, 0.29) is 32.7 Å². The lowest BCUT2D eigenvalue weighted by Gasteiger charge is -2.09. The fourth-order valence-corrected chi connectivity index (χ4v) is 4.47. The van der Waals surface area contributed by atoms with E-state index in [1.807, 2.05) is 0 Å². The Morgan fingerprint density at radius 1 is 1.00 bits per heavy atom. The van der Waals surface area contributed by atoms with Gasteiger partial charge in [-0.05, 0) is 48.5 Å². The summed E-state index contributed by atoms with van der Waals surface area (Å²) in [4.78, 5) is 15.1. The molecule has 1 heterocycles. The number of benzene rings is 3. The van der Waals surface area contributed by atoms with Crippen molar-refractivity contribution in [3.8, 4) is 5.88 Å². The summed E-state index contributed by atoms with van der Waals surface area (Å²) >= 11 is 12.0. The third-order valence-corrected chi connectivity index (χ3v) is 6.39. The highest BCUT2D eigenvalue weighted by Crippen LogP contribution is 2.36. The minimum Gasteiger partial charge on any atom is -0.493 e. The maximum Gasteiger partial charge on any atom is 0.295 e. The molecule has 32 heavy (non-hydrogen) atoms. The SMILES string of the molecule is O=C(N=Nc1c(O)[nH]c2ccc(Cl)cc12)c1cccc(S(=O)(=O)Nc2ccccc2Cl)c1. The number of sulfonamides is 1. The fourth-order valence-electron chi connectivity index (χ4n) is 2.93. The van der Waals surface area contributed by atoms with Crippen molar-refractivity contribution in [3.63, 3.8) is 0 Å². The predicted octanol–water partition coefficient (Wildman–Crippen LogP) is 5.91. The van der Waals surface area contributed by atoms with Gasteiger partial charge in [0.25, 0.3) is 15.9 Å². The summed E-state index contributed by atoms with van der Waals surface area (Å²) in [5, 5.41) is 18.7. The number of fused-ring (bicyclic) bond motifs is 1. The highest BCUT2D eigenvalue weighted by atomic mass is 35.5. The maximum absolute atomic E-state index is 12.7. The van der Waals surface area contributed by atoms with Gasteiger partial charge in [-0.25, -0.2) is 8.42 Å². The summed E-state index contributed by atoms with van der Waals surface area (Å²) in [6.07, 6.45) is 0. The first-order valence-corrected chi connectivity index (χ1v) is 11.3. The van der Waals surface area contributed by atoms with Crippen molar-refractivity contribution < 1.29 is 18.3 Å². The van der Waals surface area contributed by atoms with Crippen LogP contribution in [-0.4, -0.2) is 24.4 Å². The van der Waals surface area contributed by atoms with Crippen molar-refractivity contribution in [1.29, 1.82) is 0 Å². The molecule has 0 radical (unpaired) electrons. The lowest BCUT2D eigenvalue weighted by Crippen LogP contribution is -2.13. The Labute approximate surface area is 192 Å². The number of nitrogens with one attached hydrogen (secondary N) is 2. The first kappa shape index (κ1) is 21.8. The highest BCUT2D eigenvalue weighted by Gasteiger charge is 2.18. The van der Waals surface area contributed by atoms with E-state index in [1.54, 1.807) is 36.4 Å². The monoisotopic (exact) mass is 488 g/mol. The molecule has 0 spiro atoms. The number of aromatic amines is 1. The molecule has 0 aliphatic heterocycles. The van der Waals surface area contributed by atoms with Crippen LogP contribution in [0.2, 0.25) is 10.0 Å². The first-order chi connectivity index (χ1) is 15.2. The van der Waals surface area contributed by atoms with Gasteiger partial charge in [-0.3, -0.25) is 9.52 Å². The second-order valence-electron chi connectivity index (χ2n) is 6.63. The molecule has 4 aromatic rings. The molecular formula is C21H14Cl2N4O4S. The Kier molecular flexibility index (Phi) is 5.88. The molecule has 8 nitrogen and oxygen atoms in total. The molecule has 11 heteroatoms. The van der Waals surface area contributed by atoms with Gasteiger partial charge in [0, 0.05) is 16.0 Å². The van der Waals surface area contributed by atoms with E-state index < -0.39 is 15.9 Å². The Hall–Kier alpha value is -3.40. The summed E-state index contributed by atoms with van der Waals surface area (Å²) in [5.41, 5.74) is 0.805. The largest absolute Gasteiger partial charge is 0.493 e. The van der Waals surface area contributed by atoms with Gasteiger partial charge in [-0.1, -0.05) is 41.4 Å². The standard InChI is InChI=1S/C21H14Cl2N4O4S/c22-13-8-9-17-15(11-13)19(21(29)24-17)25-26-20(28)12-4-3-5-14(10-12)32(30,31)27-18-7-2-1-6-16(18)23/h1-11,24,27,29H. The number of hydrogen-bond acceptors (Lipinski definition) is 5. The van der Waals surface area contributed by atoms with Gasteiger partial charge >= 0.3 is 0 Å². The van der Waals surface area contributed by atoms with Crippen LogP contribution in [0, 0.1) is 0 Å². The number of anilines is 1. The maximum atomic E-state index is 12.7. The smallest absolute Gasteiger partial charge is 0.295 e. The first-order valence-electron chi connectivity index (χ1n) is 9.08. The van der Waals surface area contributed by atoms with Crippen LogP contribution in [0.15, 0.2) is 81.9 Å². The van der Waals surface area contributed by atoms with Gasteiger partial charge < -0.3 is 10.1 Å². The number of aromatic nitrogens is 1. The molecule has 0 unspecified atom stereocenters. The third-order valence-electron chi connectivity index (χ3n) is 4.46. The summed E-state index contributed by atoms with van der Waals surface area (Å²) < 4.78 is 27.8. The number of nitrogens with zero attached hydrogens (tertiary/aromatic N) is 2. The number of halogens is 2. The quantitative estimate of drug-likeness (QED) is 0.302. The van der Waals surface area contributed by atoms with Gasteiger partial charge in [-0.15, -0.1) is 10.2 Å². The van der Waals surface area contributed by atoms with Crippen molar-refractivity contribution in [2.24, 2.45) is 10.2 Å². The van der Waals surface area contributed by atoms with Crippen LogP contribution in [0.1, 0.15) is 10.4 Å². The number of amides is 1. The lowest BCUT2D eigenvalue weighted by atomic mass is 10.2. The van der Waals surface area contributed by atoms with Crippen molar-refractivity contribution in [2.75, 3.05) is 4.72 Å². The predicted molar refractivity (Wildman–Crippen MR) is 123 cm³/mol. The van der Waals surface area contributed by atoms with Gasteiger partial charge in [0.2, 0.25) is 5.88 Å². The molecule has 0 atom stereocenters. The second-order valence-corrected chi connectivity index (χ2v) is 9.16. The van der Waals surface area contributed by atoms with E-state index in [0.717, 1.165) is 0 Å². The van der Waals surface area contributed by atoms with Crippen molar-refractivity contribution in [1.82, 2.24) is 4.98 Å². The molecule has 0 saturated heterocycles. The zero-order valence-corrected chi connectivity index (χ0v) is 18.4. The van der Waals surface area contributed by atoms with Crippen LogP contribution in [0.5, 0.6) is 5.88 Å². The Morgan fingerprint density at radius 2 is 1.78 bits per heavy atom. The van der Waals surface area contributed by atoms with Crippen molar-refractivity contribution in [2.45, 2.75) is 4.90 Å². The molecule has 162 valence electrons. The lowest BCUT2D eigenvalue weighted by molar-refractivity contribution is 0.0995. The van der Waals surface area contributed by atoms with Crippen LogP contribution in [0.25, 0.3) is 10.9 Å². The fraction of sp³-hybridized carbons (Fsp3) is 0. The third kappa shape index (κ3) is 4.45. The number of aromatic hydroxyl groups is 1. The summed E-state index contributed by atoms with van der Waals surface area (Å²) in [6, 6.07) is 16.5. The van der Waals surface area contributed by atoms with Gasteiger partial charge in [0.15, 0.2) is 5.69 Å². The molecule has 0 bridgehead atoms. The van der Waals surface area contributed by atoms with E-state index in [0.29, 0.717) is 15.9 Å². The molecule has 3 aromatic carbocycles. The van der Waals surface area contributed by atoms with Crippen LogP contribution in [0.3, 0.4) is 0 Å². The number of rotatable bonds is 5. The molecule has 0 aliphatic rings. The average Bonchev–Trinajstić information content (AvgIpc) is 3.08.